The largest absolute Gasteiger partial charge is 0.482 e. The molecule has 0 spiro atoms. The van der Waals surface area contributed by atoms with Gasteiger partial charge in [-0.15, -0.1) is 0 Å². The van der Waals surface area contributed by atoms with E-state index in [1.807, 2.05) is 0 Å². The van der Waals surface area contributed by atoms with E-state index < -0.39 is 18.7 Å². The van der Waals surface area contributed by atoms with Gasteiger partial charge in [0.1, 0.15) is 5.75 Å². The van der Waals surface area contributed by atoms with Gasteiger partial charge in [-0.1, -0.05) is 6.07 Å². The summed E-state index contributed by atoms with van der Waals surface area (Å²) in [5.41, 5.74) is 0.482. The van der Waals surface area contributed by atoms with E-state index in [0.29, 0.717) is 11.4 Å². The highest BCUT2D eigenvalue weighted by atomic mass is 16.5. The van der Waals surface area contributed by atoms with Crippen LogP contribution in [0.25, 0.3) is 0 Å². The van der Waals surface area contributed by atoms with Crippen LogP contribution in [0, 0.1) is 0 Å². The normalized spacial score (nSPS) is 11.6. The molecule has 0 aliphatic carbocycles. The number of carbonyl (C=O) groups is 2. The first-order valence-electron chi connectivity index (χ1n) is 6.03. The first kappa shape index (κ1) is 15.8. The number of urea groups is 1. The van der Waals surface area contributed by atoms with Crippen LogP contribution < -0.4 is 10.1 Å². The van der Waals surface area contributed by atoms with Crippen LogP contribution in [-0.2, 0) is 4.79 Å². The van der Waals surface area contributed by atoms with E-state index in [1.165, 1.54) is 11.0 Å². The molecule has 0 aliphatic rings. The van der Waals surface area contributed by atoms with Crippen LogP contribution >= 0.6 is 0 Å². The molecule has 1 aromatic rings. The van der Waals surface area contributed by atoms with Crippen molar-refractivity contribution in [1.82, 2.24) is 4.90 Å². The standard InChI is InChI=1S/C13H18N2O5/c1-9(16)7-15(2)13(19)14-10-4-3-5-11(6-10)20-8-12(17)18/h3-6,9,16H,7-8H2,1-2H3,(H,14,19)(H,17,18). The number of nitrogens with zero attached hydrogens (tertiary/aromatic N) is 1. The monoisotopic (exact) mass is 282 g/mol. The molecule has 0 heterocycles. The Kier molecular flexibility index (Phi) is 5.79. The fraction of sp³-hybridized carbons (Fsp3) is 0.385. The summed E-state index contributed by atoms with van der Waals surface area (Å²) in [4.78, 5) is 23.5. The molecule has 0 bridgehead atoms. The smallest absolute Gasteiger partial charge is 0.341 e. The molecule has 0 saturated heterocycles. The lowest BCUT2D eigenvalue weighted by Gasteiger charge is -2.19. The van der Waals surface area contributed by atoms with Crippen molar-refractivity contribution in [3.8, 4) is 5.75 Å². The summed E-state index contributed by atoms with van der Waals surface area (Å²) < 4.78 is 5.01. The van der Waals surface area contributed by atoms with E-state index in [-0.39, 0.29) is 12.6 Å². The summed E-state index contributed by atoms with van der Waals surface area (Å²) in [5, 5.41) is 20.4. The maximum Gasteiger partial charge on any atom is 0.341 e. The lowest BCUT2D eigenvalue weighted by Crippen LogP contribution is -2.36. The molecule has 2 amide bonds. The topological polar surface area (TPSA) is 99.1 Å². The number of nitrogens with one attached hydrogen (secondary N) is 1. The van der Waals surface area contributed by atoms with Gasteiger partial charge >= 0.3 is 12.0 Å². The summed E-state index contributed by atoms with van der Waals surface area (Å²) >= 11 is 0. The zero-order chi connectivity index (χ0) is 15.1. The quantitative estimate of drug-likeness (QED) is 0.722. The maximum absolute atomic E-state index is 11.8. The maximum atomic E-state index is 11.8. The van der Waals surface area contributed by atoms with Crippen LogP contribution in [0.4, 0.5) is 10.5 Å². The van der Waals surface area contributed by atoms with Crippen molar-refractivity contribution in [3.63, 3.8) is 0 Å². The highest BCUT2D eigenvalue weighted by Crippen LogP contribution is 2.17. The molecule has 7 heteroatoms. The molecule has 20 heavy (non-hydrogen) atoms. The molecule has 0 fully saturated rings. The number of amides is 2. The molecule has 110 valence electrons. The van der Waals surface area contributed by atoms with Crippen LogP contribution in [0.5, 0.6) is 5.75 Å². The first-order valence-corrected chi connectivity index (χ1v) is 6.03. The third-order valence-corrected chi connectivity index (χ3v) is 2.33. The number of rotatable bonds is 6. The SMILES string of the molecule is CC(O)CN(C)C(=O)Nc1cccc(OCC(=O)O)c1. The van der Waals surface area contributed by atoms with Gasteiger partial charge in [-0.2, -0.15) is 0 Å². The predicted molar refractivity (Wildman–Crippen MR) is 72.9 cm³/mol. The number of hydrogen-bond donors (Lipinski definition) is 3. The van der Waals surface area contributed by atoms with Gasteiger partial charge in [-0.3, -0.25) is 0 Å². The van der Waals surface area contributed by atoms with E-state index in [2.05, 4.69) is 5.32 Å². The zero-order valence-electron chi connectivity index (χ0n) is 11.4. The Balaban J connectivity index is 2.61. The minimum absolute atomic E-state index is 0.209. The van der Waals surface area contributed by atoms with E-state index in [4.69, 9.17) is 9.84 Å². The Labute approximate surface area is 116 Å². The average Bonchev–Trinajstić information content (AvgIpc) is 2.36. The van der Waals surface area contributed by atoms with Gasteiger partial charge in [0, 0.05) is 25.3 Å². The molecule has 1 unspecified atom stereocenters. The predicted octanol–water partition coefficient (Wildman–Crippen LogP) is 0.994. The van der Waals surface area contributed by atoms with E-state index in [0.717, 1.165) is 0 Å². The number of aliphatic hydroxyl groups excluding tert-OH is 1. The van der Waals surface area contributed by atoms with Gasteiger partial charge in [0.25, 0.3) is 0 Å². The number of carbonyl (C=O) groups excluding carboxylic acids is 1. The Morgan fingerprint density at radius 3 is 2.75 bits per heavy atom. The molecule has 1 rings (SSSR count). The number of hydrogen-bond acceptors (Lipinski definition) is 4. The molecule has 1 aromatic carbocycles. The minimum Gasteiger partial charge on any atom is -0.482 e. The van der Waals surface area contributed by atoms with E-state index in [9.17, 15) is 14.7 Å². The van der Waals surface area contributed by atoms with Gasteiger partial charge in [-0.05, 0) is 19.1 Å². The fourth-order valence-corrected chi connectivity index (χ4v) is 1.51. The van der Waals surface area contributed by atoms with Crippen molar-refractivity contribution in [2.24, 2.45) is 0 Å². The van der Waals surface area contributed by atoms with Crippen molar-refractivity contribution in [2.45, 2.75) is 13.0 Å². The number of ether oxygens (including phenoxy) is 1. The van der Waals surface area contributed by atoms with E-state index in [1.54, 1.807) is 32.2 Å². The van der Waals surface area contributed by atoms with Crippen molar-refractivity contribution in [2.75, 3.05) is 25.5 Å². The Bertz CT molecular complexity index is 476. The number of anilines is 1. The summed E-state index contributed by atoms with van der Waals surface area (Å²) in [6.07, 6.45) is -0.615. The lowest BCUT2D eigenvalue weighted by molar-refractivity contribution is -0.139. The van der Waals surface area contributed by atoms with Gasteiger partial charge in [0.15, 0.2) is 6.61 Å². The molecule has 0 aromatic heterocycles. The zero-order valence-corrected chi connectivity index (χ0v) is 11.4. The second-order valence-corrected chi connectivity index (χ2v) is 4.37. The summed E-state index contributed by atoms with van der Waals surface area (Å²) in [7, 11) is 1.56. The average molecular weight is 282 g/mol. The van der Waals surface area contributed by atoms with Crippen molar-refractivity contribution in [1.29, 1.82) is 0 Å². The second-order valence-electron chi connectivity index (χ2n) is 4.37. The van der Waals surface area contributed by atoms with Gasteiger partial charge in [0.05, 0.1) is 6.10 Å². The van der Waals surface area contributed by atoms with E-state index >= 15 is 0 Å². The van der Waals surface area contributed by atoms with Crippen molar-refractivity contribution < 1.29 is 24.5 Å². The molecule has 7 nitrogen and oxygen atoms in total. The lowest BCUT2D eigenvalue weighted by atomic mass is 10.3. The summed E-state index contributed by atoms with van der Waals surface area (Å²) in [6.45, 7) is 1.35. The number of carboxylic acids is 1. The van der Waals surface area contributed by atoms with Gasteiger partial charge in [0.2, 0.25) is 0 Å². The highest BCUT2D eigenvalue weighted by Gasteiger charge is 2.11. The Morgan fingerprint density at radius 1 is 1.45 bits per heavy atom. The number of benzene rings is 1. The Morgan fingerprint density at radius 2 is 2.15 bits per heavy atom. The molecule has 0 saturated carbocycles. The number of carboxylic acid groups (broad SMARTS) is 1. The summed E-state index contributed by atoms with van der Waals surface area (Å²) in [5.74, 6) is -0.723. The fourth-order valence-electron chi connectivity index (χ4n) is 1.51. The first-order chi connectivity index (χ1) is 9.38. The van der Waals surface area contributed by atoms with Crippen LogP contribution in [0.3, 0.4) is 0 Å². The van der Waals surface area contributed by atoms with Crippen LogP contribution in [-0.4, -0.2) is 53.4 Å². The van der Waals surface area contributed by atoms with Crippen LogP contribution in [0.15, 0.2) is 24.3 Å². The third-order valence-electron chi connectivity index (χ3n) is 2.33. The third kappa shape index (κ3) is 5.57. The number of likely N-dealkylation sites (N-methyl/N-ethyl adjacent to an activating group) is 1. The van der Waals surface area contributed by atoms with Gasteiger partial charge < -0.3 is 25.2 Å². The second kappa shape index (κ2) is 7.34. The van der Waals surface area contributed by atoms with Crippen LogP contribution in [0.2, 0.25) is 0 Å². The molecule has 0 radical (unpaired) electrons. The Hall–Kier alpha value is -2.28. The number of aliphatic hydroxyl groups is 1. The minimum atomic E-state index is -1.07. The molecule has 0 aliphatic heterocycles. The summed E-state index contributed by atoms with van der Waals surface area (Å²) in [6, 6.07) is 6.04. The number of aliphatic carboxylic acids is 1. The highest BCUT2D eigenvalue weighted by molar-refractivity contribution is 5.89. The van der Waals surface area contributed by atoms with Gasteiger partial charge in [-0.25, -0.2) is 9.59 Å². The van der Waals surface area contributed by atoms with Crippen molar-refractivity contribution in [3.05, 3.63) is 24.3 Å². The van der Waals surface area contributed by atoms with Crippen molar-refractivity contribution >= 4 is 17.7 Å². The van der Waals surface area contributed by atoms with Crippen LogP contribution in [0.1, 0.15) is 6.92 Å². The molecular formula is C13H18N2O5. The molecular weight excluding hydrogens is 264 g/mol. The molecule has 3 N–H and O–H groups in total. The molecule has 1 atom stereocenters.